The normalized spacial score (nSPS) is 13.9. The third-order valence-electron chi connectivity index (χ3n) is 6.31. The number of benzene rings is 3. The predicted octanol–water partition coefficient (Wildman–Crippen LogP) is 3.96. The number of anilines is 1. The van der Waals surface area contributed by atoms with Crippen LogP contribution in [0.5, 0.6) is 17.2 Å². The number of carbonyl (C=O) groups excluding carboxylic acids is 1. The van der Waals surface area contributed by atoms with Crippen molar-refractivity contribution in [3.8, 4) is 17.2 Å². The minimum atomic E-state index is -0.0955. The number of rotatable bonds is 9. The Hall–Kier alpha value is -3.71. The number of methoxy groups -OCH3 is 3. The van der Waals surface area contributed by atoms with Crippen LogP contribution in [0.25, 0.3) is 0 Å². The van der Waals surface area contributed by atoms with Gasteiger partial charge in [-0.05, 0) is 59.7 Å². The van der Waals surface area contributed by atoms with Crippen molar-refractivity contribution >= 4 is 11.6 Å². The van der Waals surface area contributed by atoms with Crippen molar-refractivity contribution in [1.29, 1.82) is 0 Å². The van der Waals surface area contributed by atoms with E-state index in [0.29, 0.717) is 12.1 Å². The maximum atomic E-state index is 12.5. The molecule has 1 amide bonds. The van der Waals surface area contributed by atoms with Gasteiger partial charge in [0.05, 0.1) is 21.3 Å². The molecule has 7 nitrogen and oxygen atoms in total. The summed E-state index contributed by atoms with van der Waals surface area (Å²) in [6, 6.07) is 21.6. The molecule has 3 aromatic carbocycles. The van der Waals surface area contributed by atoms with E-state index in [1.807, 2.05) is 12.1 Å². The second-order valence-corrected chi connectivity index (χ2v) is 8.53. The Morgan fingerprint density at radius 2 is 1.54 bits per heavy atom. The Bertz CT molecular complexity index is 1130. The van der Waals surface area contributed by atoms with Gasteiger partial charge in [-0.2, -0.15) is 0 Å². The molecule has 0 aliphatic carbocycles. The summed E-state index contributed by atoms with van der Waals surface area (Å²) < 4.78 is 15.9. The molecule has 0 unspecified atom stereocenters. The second-order valence-electron chi connectivity index (χ2n) is 8.53. The van der Waals surface area contributed by atoms with Crippen molar-refractivity contribution in [2.45, 2.75) is 13.1 Å². The van der Waals surface area contributed by atoms with Crippen LogP contribution in [0.3, 0.4) is 0 Å². The molecule has 1 heterocycles. The molecule has 184 valence electrons. The average molecular weight is 476 g/mol. The molecule has 35 heavy (non-hydrogen) atoms. The molecule has 0 aromatic heterocycles. The van der Waals surface area contributed by atoms with Gasteiger partial charge in [-0.15, -0.1) is 0 Å². The highest BCUT2D eigenvalue weighted by atomic mass is 16.5. The first-order chi connectivity index (χ1) is 17.1. The Morgan fingerprint density at radius 1 is 0.800 bits per heavy atom. The monoisotopic (exact) mass is 475 g/mol. The minimum Gasteiger partial charge on any atom is -0.497 e. The Kier molecular flexibility index (Phi) is 8.11. The Morgan fingerprint density at radius 3 is 2.23 bits per heavy atom. The molecule has 4 rings (SSSR count). The first-order valence-corrected chi connectivity index (χ1v) is 11.8. The molecule has 0 spiro atoms. The second kappa shape index (κ2) is 11.6. The molecule has 7 heteroatoms. The highest BCUT2D eigenvalue weighted by Crippen LogP contribution is 2.28. The quantitative estimate of drug-likeness (QED) is 0.505. The summed E-state index contributed by atoms with van der Waals surface area (Å²) in [4.78, 5) is 17.3. The Balaban J connectivity index is 1.29. The first kappa shape index (κ1) is 24.4. The number of hydrogen-bond acceptors (Lipinski definition) is 6. The summed E-state index contributed by atoms with van der Waals surface area (Å²) in [5.74, 6) is 2.15. The van der Waals surface area contributed by atoms with Gasteiger partial charge in [0.2, 0.25) is 0 Å². The van der Waals surface area contributed by atoms with Crippen molar-refractivity contribution in [3.05, 3.63) is 83.4 Å². The molecule has 1 saturated heterocycles. The van der Waals surface area contributed by atoms with Gasteiger partial charge >= 0.3 is 0 Å². The van der Waals surface area contributed by atoms with Gasteiger partial charge in [-0.1, -0.05) is 18.2 Å². The number of nitrogens with zero attached hydrogens (tertiary/aromatic N) is 2. The van der Waals surface area contributed by atoms with Crippen LogP contribution < -0.4 is 24.4 Å². The third-order valence-corrected chi connectivity index (χ3v) is 6.31. The van der Waals surface area contributed by atoms with Crippen LogP contribution in [0.2, 0.25) is 0 Å². The average Bonchev–Trinajstić information content (AvgIpc) is 2.92. The van der Waals surface area contributed by atoms with Crippen molar-refractivity contribution in [2.24, 2.45) is 0 Å². The maximum absolute atomic E-state index is 12.5. The summed E-state index contributed by atoms with van der Waals surface area (Å²) in [5, 5.41) is 3.01. The van der Waals surface area contributed by atoms with Crippen LogP contribution in [0.15, 0.2) is 66.7 Å². The smallest absolute Gasteiger partial charge is 0.251 e. The van der Waals surface area contributed by atoms with E-state index >= 15 is 0 Å². The van der Waals surface area contributed by atoms with Crippen LogP contribution in [-0.4, -0.2) is 58.3 Å². The van der Waals surface area contributed by atoms with Crippen LogP contribution >= 0.6 is 0 Å². The highest BCUT2D eigenvalue weighted by Gasteiger charge is 2.18. The van der Waals surface area contributed by atoms with E-state index < -0.39 is 0 Å². The van der Waals surface area contributed by atoms with Gasteiger partial charge in [-0.25, -0.2) is 0 Å². The minimum absolute atomic E-state index is 0.0955. The first-order valence-electron chi connectivity index (χ1n) is 11.8. The topological polar surface area (TPSA) is 63.3 Å². The summed E-state index contributed by atoms with van der Waals surface area (Å²) in [7, 11) is 4.93. The molecule has 1 N–H and O–H groups in total. The molecule has 3 aromatic rings. The largest absolute Gasteiger partial charge is 0.497 e. The van der Waals surface area contributed by atoms with Gasteiger partial charge in [0.15, 0.2) is 11.5 Å². The van der Waals surface area contributed by atoms with E-state index in [2.05, 4.69) is 45.4 Å². The Labute approximate surface area is 207 Å². The lowest BCUT2D eigenvalue weighted by Gasteiger charge is -2.36. The number of amides is 1. The molecule has 1 aliphatic heterocycles. The maximum Gasteiger partial charge on any atom is 0.251 e. The summed E-state index contributed by atoms with van der Waals surface area (Å²) >= 11 is 0. The zero-order chi connectivity index (χ0) is 24.6. The van der Waals surface area contributed by atoms with Gasteiger partial charge < -0.3 is 24.4 Å². The van der Waals surface area contributed by atoms with Crippen LogP contribution in [-0.2, 0) is 13.1 Å². The SMILES string of the molecule is COc1ccc(C(=O)NCc2cccc(N3CCN(Cc4ccc(OC)c(OC)c4)CC3)c2)cc1. The van der Waals surface area contributed by atoms with Gasteiger partial charge in [-0.3, -0.25) is 9.69 Å². The lowest BCUT2D eigenvalue weighted by atomic mass is 10.1. The number of carbonyl (C=O) groups is 1. The third kappa shape index (κ3) is 6.25. The van der Waals surface area contributed by atoms with Crippen LogP contribution in [0.1, 0.15) is 21.5 Å². The summed E-state index contributed by atoms with van der Waals surface area (Å²) in [5.41, 5.74) is 4.10. The fourth-order valence-electron chi connectivity index (χ4n) is 4.29. The van der Waals surface area contributed by atoms with Gasteiger partial charge in [0, 0.05) is 50.5 Å². The molecular formula is C28H33N3O4. The lowest BCUT2D eigenvalue weighted by molar-refractivity contribution is 0.0951. The van der Waals surface area contributed by atoms with E-state index in [-0.39, 0.29) is 5.91 Å². The van der Waals surface area contributed by atoms with Crippen molar-refractivity contribution in [3.63, 3.8) is 0 Å². The van der Waals surface area contributed by atoms with E-state index in [1.54, 1.807) is 45.6 Å². The molecule has 1 aliphatic rings. The number of piperazine rings is 1. The molecule has 0 bridgehead atoms. The summed E-state index contributed by atoms with van der Waals surface area (Å²) in [6.07, 6.45) is 0. The van der Waals surface area contributed by atoms with Crippen molar-refractivity contribution in [1.82, 2.24) is 10.2 Å². The van der Waals surface area contributed by atoms with Gasteiger partial charge in [0.25, 0.3) is 5.91 Å². The molecular weight excluding hydrogens is 442 g/mol. The van der Waals surface area contributed by atoms with Crippen molar-refractivity contribution < 1.29 is 19.0 Å². The number of ether oxygens (including phenoxy) is 3. The predicted molar refractivity (Wildman–Crippen MR) is 138 cm³/mol. The van der Waals surface area contributed by atoms with E-state index in [0.717, 1.165) is 55.5 Å². The standard InChI is InChI=1S/C28H33N3O4/c1-33-25-10-8-23(9-11-25)28(32)29-19-21-5-4-6-24(17-21)31-15-13-30(14-16-31)20-22-7-12-26(34-2)27(18-22)35-3/h4-12,17-18H,13-16,19-20H2,1-3H3,(H,29,32). The fourth-order valence-corrected chi connectivity index (χ4v) is 4.29. The van der Waals surface area contributed by atoms with E-state index in [1.165, 1.54) is 11.3 Å². The molecule has 0 radical (unpaired) electrons. The van der Waals surface area contributed by atoms with Crippen LogP contribution in [0, 0.1) is 0 Å². The molecule has 1 fully saturated rings. The lowest BCUT2D eigenvalue weighted by Crippen LogP contribution is -2.46. The zero-order valence-electron chi connectivity index (χ0n) is 20.6. The zero-order valence-corrected chi connectivity index (χ0v) is 20.6. The van der Waals surface area contributed by atoms with E-state index in [4.69, 9.17) is 14.2 Å². The molecule has 0 saturated carbocycles. The summed E-state index contributed by atoms with van der Waals surface area (Å²) in [6.45, 7) is 5.23. The van der Waals surface area contributed by atoms with Crippen LogP contribution in [0.4, 0.5) is 5.69 Å². The highest BCUT2D eigenvalue weighted by molar-refractivity contribution is 5.94. The number of hydrogen-bond donors (Lipinski definition) is 1. The van der Waals surface area contributed by atoms with E-state index in [9.17, 15) is 4.79 Å². The molecule has 0 atom stereocenters. The van der Waals surface area contributed by atoms with Crippen molar-refractivity contribution in [2.75, 3.05) is 52.4 Å². The van der Waals surface area contributed by atoms with Gasteiger partial charge in [0.1, 0.15) is 5.75 Å². The number of nitrogens with one attached hydrogen (secondary N) is 1. The fraction of sp³-hybridized carbons (Fsp3) is 0.321.